The molecule has 0 aliphatic carbocycles. The minimum absolute atomic E-state index is 0.293. The van der Waals surface area contributed by atoms with Gasteiger partial charge in [-0.1, -0.05) is 36.4 Å². The maximum absolute atomic E-state index is 4.16. The maximum atomic E-state index is 4.16. The average molecular weight is 335 g/mol. The summed E-state index contributed by atoms with van der Waals surface area (Å²) in [7, 11) is 0. The van der Waals surface area contributed by atoms with Gasteiger partial charge in [0.05, 0.1) is 0 Å². The normalized spacial score (nSPS) is 12.5. The van der Waals surface area contributed by atoms with E-state index in [0.717, 1.165) is 22.3 Å². The summed E-state index contributed by atoms with van der Waals surface area (Å²) in [6.07, 6.45) is 1.97. The molecule has 0 amide bonds. The molecule has 0 radical (unpaired) electrons. The summed E-state index contributed by atoms with van der Waals surface area (Å²) >= 11 is 1.76. The fourth-order valence-electron chi connectivity index (χ4n) is 2.73. The van der Waals surface area contributed by atoms with Gasteiger partial charge in [0, 0.05) is 34.8 Å². The highest BCUT2D eigenvalue weighted by Gasteiger charge is 2.11. The molecule has 0 unspecified atom stereocenters. The number of nitrogens with one attached hydrogen (secondary N) is 1. The number of rotatable bonds is 5. The summed E-state index contributed by atoms with van der Waals surface area (Å²) in [6, 6.07) is 17.0. The molecule has 120 valence electrons. The summed E-state index contributed by atoms with van der Waals surface area (Å²) in [6.45, 7) is 2.88. The molecule has 0 fully saturated rings. The highest BCUT2D eigenvalue weighted by molar-refractivity contribution is 7.10. The number of pyridine rings is 1. The Labute approximate surface area is 144 Å². The van der Waals surface area contributed by atoms with Crippen molar-refractivity contribution in [2.75, 3.05) is 0 Å². The first kappa shape index (κ1) is 15.0. The Bertz CT molecular complexity index is 931. The summed E-state index contributed by atoms with van der Waals surface area (Å²) in [5, 5.41) is 17.7. The van der Waals surface area contributed by atoms with Gasteiger partial charge in [-0.2, -0.15) is 4.52 Å². The van der Waals surface area contributed by atoms with Crippen molar-refractivity contribution in [3.63, 3.8) is 0 Å². The second-order valence-corrected chi connectivity index (χ2v) is 6.66. The molecule has 3 aromatic heterocycles. The Balaban J connectivity index is 1.65. The molecule has 1 atom stereocenters. The quantitative estimate of drug-likeness (QED) is 0.604. The van der Waals surface area contributed by atoms with Gasteiger partial charge in [0.2, 0.25) is 0 Å². The van der Waals surface area contributed by atoms with Crippen LogP contribution in [0.5, 0.6) is 0 Å². The van der Waals surface area contributed by atoms with Crippen LogP contribution in [0, 0.1) is 0 Å². The number of benzene rings is 1. The number of aromatic nitrogens is 4. The molecule has 0 spiro atoms. The molecule has 0 saturated heterocycles. The van der Waals surface area contributed by atoms with Gasteiger partial charge in [-0.25, -0.2) is 0 Å². The third kappa shape index (κ3) is 2.93. The van der Waals surface area contributed by atoms with Crippen molar-refractivity contribution in [1.82, 2.24) is 25.4 Å². The first-order valence-corrected chi connectivity index (χ1v) is 8.72. The van der Waals surface area contributed by atoms with Crippen LogP contribution in [-0.4, -0.2) is 20.0 Å². The van der Waals surface area contributed by atoms with Crippen molar-refractivity contribution < 1.29 is 0 Å². The lowest BCUT2D eigenvalue weighted by Crippen LogP contribution is -2.18. The van der Waals surface area contributed by atoms with E-state index < -0.39 is 0 Å². The largest absolute Gasteiger partial charge is 0.305 e. The van der Waals surface area contributed by atoms with Crippen LogP contribution in [0.4, 0.5) is 0 Å². The summed E-state index contributed by atoms with van der Waals surface area (Å²) in [4.78, 5) is 1.32. The Hall–Kier alpha value is -2.57. The van der Waals surface area contributed by atoms with Gasteiger partial charge < -0.3 is 5.32 Å². The van der Waals surface area contributed by atoms with E-state index in [0.29, 0.717) is 12.6 Å². The zero-order valence-corrected chi connectivity index (χ0v) is 14.1. The monoisotopic (exact) mass is 335 g/mol. The van der Waals surface area contributed by atoms with E-state index in [2.05, 4.69) is 63.5 Å². The molecule has 3 heterocycles. The van der Waals surface area contributed by atoms with Gasteiger partial charge in [0.25, 0.3) is 0 Å². The van der Waals surface area contributed by atoms with E-state index in [-0.39, 0.29) is 0 Å². The fraction of sp³-hybridized carbons (Fsp3) is 0.167. The minimum Gasteiger partial charge on any atom is -0.305 e. The molecule has 0 bridgehead atoms. The van der Waals surface area contributed by atoms with E-state index >= 15 is 0 Å². The van der Waals surface area contributed by atoms with Gasteiger partial charge >= 0.3 is 0 Å². The van der Waals surface area contributed by atoms with Crippen molar-refractivity contribution in [2.24, 2.45) is 0 Å². The zero-order valence-electron chi connectivity index (χ0n) is 13.3. The van der Waals surface area contributed by atoms with Crippen molar-refractivity contribution in [1.29, 1.82) is 0 Å². The highest BCUT2D eigenvalue weighted by atomic mass is 32.1. The van der Waals surface area contributed by atoms with Crippen molar-refractivity contribution >= 4 is 17.0 Å². The predicted molar refractivity (Wildman–Crippen MR) is 95.8 cm³/mol. The van der Waals surface area contributed by atoms with Crippen molar-refractivity contribution in [2.45, 2.75) is 19.5 Å². The van der Waals surface area contributed by atoms with E-state index in [4.69, 9.17) is 0 Å². The summed E-state index contributed by atoms with van der Waals surface area (Å²) < 4.78 is 1.75. The predicted octanol–water partition coefficient (Wildman–Crippen LogP) is 3.70. The van der Waals surface area contributed by atoms with E-state index in [9.17, 15) is 0 Å². The molecule has 6 heteroatoms. The van der Waals surface area contributed by atoms with Crippen LogP contribution in [0.25, 0.3) is 16.8 Å². The first-order valence-electron chi connectivity index (χ1n) is 7.84. The summed E-state index contributed by atoms with van der Waals surface area (Å²) in [5.41, 5.74) is 4.14. The van der Waals surface area contributed by atoms with Crippen LogP contribution in [0.3, 0.4) is 0 Å². The third-order valence-electron chi connectivity index (χ3n) is 4.05. The van der Waals surface area contributed by atoms with E-state index in [1.807, 2.05) is 24.4 Å². The molecule has 24 heavy (non-hydrogen) atoms. The Kier molecular flexibility index (Phi) is 4.06. The van der Waals surface area contributed by atoms with Crippen molar-refractivity contribution in [3.8, 4) is 11.1 Å². The number of fused-ring (bicyclic) bond motifs is 1. The average Bonchev–Trinajstić information content (AvgIpc) is 3.31. The van der Waals surface area contributed by atoms with E-state index in [1.165, 1.54) is 4.88 Å². The molecule has 1 N–H and O–H groups in total. The highest BCUT2D eigenvalue weighted by Crippen LogP contribution is 2.23. The Morgan fingerprint density at radius 2 is 2.00 bits per heavy atom. The number of hydrogen-bond donors (Lipinski definition) is 1. The number of nitrogens with zero attached hydrogens (tertiary/aromatic N) is 4. The number of tetrazole rings is 1. The Morgan fingerprint density at radius 3 is 2.79 bits per heavy atom. The van der Waals surface area contributed by atoms with Crippen LogP contribution < -0.4 is 5.32 Å². The molecule has 0 saturated carbocycles. The standard InChI is InChI=1S/C18H17N5S/c1-13(17-8-5-9-24-17)19-11-15-10-16(14-6-3-2-4-7-14)12-23-18(15)20-21-22-23/h2-10,12-13,19H,11H2,1H3/t13-/m1/s1. The van der Waals surface area contributed by atoms with Crippen LogP contribution in [0.2, 0.25) is 0 Å². The third-order valence-corrected chi connectivity index (χ3v) is 5.10. The SMILES string of the molecule is C[C@@H](NCc1cc(-c2ccccc2)cn2nnnc12)c1cccs1. The topological polar surface area (TPSA) is 55.1 Å². The molecule has 0 aliphatic heterocycles. The maximum Gasteiger partial charge on any atom is 0.183 e. The van der Waals surface area contributed by atoms with Crippen LogP contribution >= 0.6 is 11.3 Å². The van der Waals surface area contributed by atoms with Gasteiger partial charge in [-0.05, 0) is 40.4 Å². The van der Waals surface area contributed by atoms with Crippen molar-refractivity contribution in [3.05, 3.63) is 70.5 Å². The molecule has 1 aromatic carbocycles. The van der Waals surface area contributed by atoms with Crippen LogP contribution in [-0.2, 0) is 6.54 Å². The number of thiophene rings is 1. The smallest absolute Gasteiger partial charge is 0.183 e. The molecule has 5 nitrogen and oxygen atoms in total. The minimum atomic E-state index is 0.293. The van der Waals surface area contributed by atoms with Crippen LogP contribution in [0.1, 0.15) is 23.4 Å². The molecule has 0 aliphatic rings. The second-order valence-electron chi connectivity index (χ2n) is 5.69. The molecular formula is C18H17N5S. The molecule has 4 rings (SSSR count). The lowest BCUT2D eigenvalue weighted by atomic mass is 10.1. The van der Waals surface area contributed by atoms with Gasteiger partial charge in [0.1, 0.15) is 0 Å². The van der Waals surface area contributed by atoms with E-state index in [1.54, 1.807) is 15.9 Å². The summed E-state index contributed by atoms with van der Waals surface area (Å²) in [5.74, 6) is 0. The first-order chi connectivity index (χ1) is 11.8. The van der Waals surface area contributed by atoms with Gasteiger partial charge in [-0.3, -0.25) is 0 Å². The molecule has 4 aromatic rings. The van der Waals surface area contributed by atoms with Crippen LogP contribution in [0.15, 0.2) is 60.1 Å². The lowest BCUT2D eigenvalue weighted by Gasteiger charge is -2.13. The lowest BCUT2D eigenvalue weighted by molar-refractivity contribution is 0.583. The molecular weight excluding hydrogens is 318 g/mol. The van der Waals surface area contributed by atoms with Gasteiger partial charge in [0.15, 0.2) is 5.65 Å². The Morgan fingerprint density at radius 1 is 1.12 bits per heavy atom. The zero-order chi connectivity index (χ0) is 16.4. The van der Waals surface area contributed by atoms with Gasteiger partial charge in [-0.15, -0.1) is 16.4 Å². The number of hydrogen-bond acceptors (Lipinski definition) is 5. The fourth-order valence-corrected chi connectivity index (χ4v) is 3.49. The second kappa shape index (κ2) is 6.51.